The lowest BCUT2D eigenvalue weighted by atomic mass is 9.41. The van der Waals surface area contributed by atoms with Crippen LogP contribution in [0.2, 0.25) is 0 Å². The van der Waals surface area contributed by atoms with Crippen LogP contribution in [0, 0.1) is 23.1 Å². The van der Waals surface area contributed by atoms with Gasteiger partial charge in [0.25, 0.3) is 0 Å². The molecule has 0 radical (unpaired) electrons. The normalized spacial score (nSPS) is 35.3. The summed E-state index contributed by atoms with van der Waals surface area (Å²) in [6, 6.07) is 18.7. The summed E-state index contributed by atoms with van der Waals surface area (Å²) in [5.74, 6) is 1.57. The van der Waals surface area contributed by atoms with Gasteiger partial charge in [-0.3, -0.25) is 0 Å². The van der Waals surface area contributed by atoms with E-state index < -0.39 is 0 Å². The van der Waals surface area contributed by atoms with Crippen LogP contribution in [-0.4, -0.2) is 6.04 Å². The quantitative estimate of drug-likeness (QED) is 0.703. The van der Waals surface area contributed by atoms with Gasteiger partial charge in [-0.1, -0.05) is 42.5 Å². The fourth-order valence-corrected chi connectivity index (χ4v) is 7.06. The molecule has 3 unspecified atom stereocenters. The van der Waals surface area contributed by atoms with Gasteiger partial charge in [-0.15, -0.1) is 0 Å². The Labute approximate surface area is 162 Å². The van der Waals surface area contributed by atoms with Crippen LogP contribution in [-0.2, 0) is 12.0 Å². The molecule has 6 rings (SSSR count). The van der Waals surface area contributed by atoms with E-state index in [9.17, 15) is 4.39 Å². The van der Waals surface area contributed by atoms with Gasteiger partial charge < -0.3 is 5.32 Å². The summed E-state index contributed by atoms with van der Waals surface area (Å²) in [4.78, 5) is 0. The minimum Gasteiger partial charge on any atom is -0.310 e. The molecule has 0 aromatic heterocycles. The molecule has 0 amide bonds. The molecule has 2 aromatic rings. The summed E-state index contributed by atoms with van der Waals surface area (Å²) in [7, 11) is 0. The second-order valence-corrected chi connectivity index (χ2v) is 9.70. The van der Waals surface area contributed by atoms with Gasteiger partial charge in [0.05, 0.1) is 0 Å². The van der Waals surface area contributed by atoms with Crippen molar-refractivity contribution in [3.63, 3.8) is 0 Å². The molecule has 4 saturated carbocycles. The van der Waals surface area contributed by atoms with Crippen LogP contribution >= 0.6 is 0 Å². The standard InChI is InChI=1S/C25H30FN/c1-18(27-16-19-5-3-2-4-6-19)24-12-20-11-21(13-24)15-25(14-20,17-24)22-7-9-23(26)10-8-22/h2-10,18,20-21,27H,11-17H2,1H3. The molecule has 0 saturated heterocycles. The highest BCUT2D eigenvalue weighted by atomic mass is 19.1. The predicted molar refractivity (Wildman–Crippen MR) is 108 cm³/mol. The van der Waals surface area contributed by atoms with E-state index in [1.165, 1.54) is 49.7 Å². The number of hydrogen-bond acceptors (Lipinski definition) is 1. The van der Waals surface area contributed by atoms with Crippen molar-refractivity contribution in [1.82, 2.24) is 5.32 Å². The summed E-state index contributed by atoms with van der Waals surface area (Å²) < 4.78 is 13.5. The molecular weight excluding hydrogens is 333 g/mol. The Morgan fingerprint density at radius 1 is 0.963 bits per heavy atom. The highest BCUT2D eigenvalue weighted by Crippen LogP contribution is 2.66. The lowest BCUT2D eigenvalue weighted by Crippen LogP contribution is -2.59. The van der Waals surface area contributed by atoms with Crippen LogP contribution in [0.25, 0.3) is 0 Å². The van der Waals surface area contributed by atoms with Gasteiger partial charge in [0, 0.05) is 12.6 Å². The lowest BCUT2D eigenvalue weighted by molar-refractivity contribution is -0.0883. The van der Waals surface area contributed by atoms with Crippen molar-refractivity contribution in [3.05, 3.63) is 71.5 Å². The fourth-order valence-electron chi connectivity index (χ4n) is 7.06. The van der Waals surface area contributed by atoms with Gasteiger partial charge in [0.1, 0.15) is 5.82 Å². The van der Waals surface area contributed by atoms with E-state index >= 15 is 0 Å². The van der Waals surface area contributed by atoms with Gasteiger partial charge in [0.2, 0.25) is 0 Å². The van der Waals surface area contributed by atoms with Crippen molar-refractivity contribution < 1.29 is 4.39 Å². The van der Waals surface area contributed by atoms with Gasteiger partial charge in [-0.2, -0.15) is 0 Å². The van der Waals surface area contributed by atoms with Gasteiger partial charge >= 0.3 is 0 Å². The van der Waals surface area contributed by atoms with E-state index in [1.54, 1.807) is 12.1 Å². The summed E-state index contributed by atoms with van der Waals surface area (Å²) in [6.07, 6.45) is 8.03. The minimum atomic E-state index is -0.115. The molecule has 0 spiro atoms. The van der Waals surface area contributed by atoms with Crippen molar-refractivity contribution in [3.8, 4) is 0 Å². The Balaban J connectivity index is 1.40. The van der Waals surface area contributed by atoms with Gasteiger partial charge in [-0.05, 0) is 91.4 Å². The average molecular weight is 364 g/mol. The summed E-state index contributed by atoms with van der Waals surface area (Å²) >= 11 is 0. The van der Waals surface area contributed by atoms with E-state index in [0.717, 1.165) is 18.4 Å². The Kier molecular flexibility index (Phi) is 4.16. The van der Waals surface area contributed by atoms with Crippen LogP contribution in [0.15, 0.2) is 54.6 Å². The van der Waals surface area contributed by atoms with E-state index in [2.05, 4.69) is 54.7 Å². The molecule has 0 aliphatic heterocycles. The van der Waals surface area contributed by atoms with Crippen molar-refractivity contribution in [2.75, 3.05) is 0 Å². The third-order valence-corrected chi connectivity index (χ3v) is 7.94. The van der Waals surface area contributed by atoms with Crippen LogP contribution in [0.3, 0.4) is 0 Å². The molecule has 1 N–H and O–H groups in total. The first-order chi connectivity index (χ1) is 13.1. The van der Waals surface area contributed by atoms with E-state index in [-0.39, 0.29) is 11.2 Å². The average Bonchev–Trinajstić information content (AvgIpc) is 2.66. The van der Waals surface area contributed by atoms with Crippen LogP contribution in [0.5, 0.6) is 0 Å². The Hall–Kier alpha value is -1.67. The third kappa shape index (κ3) is 3.02. The number of nitrogens with one attached hydrogen (secondary N) is 1. The maximum absolute atomic E-state index is 13.5. The van der Waals surface area contributed by atoms with Crippen LogP contribution in [0.1, 0.15) is 56.6 Å². The first-order valence-corrected chi connectivity index (χ1v) is 10.6. The van der Waals surface area contributed by atoms with Crippen molar-refractivity contribution in [1.29, 1.82) is 0 Å². The van der Waals surface area contributed by atoms with Crippen molar-refractivity contribution in [2.24, 2.45) is 17.3 Å². The smallest absolute Gasteiger partial charge is 0.123 e. The minimum absolute atomic E-state index is 0.115. The molecule has 1 nitrogen and oxygen atoms in total. The van der Waals surface area contributed by atoms with E-state index in [4.69, 9.17) is 0 Å². The SMILES string of the molecule is CC(NCc1ccccc1)C12CC3CC(CC(c4ccc(F)cc4)(C3)C1)C2. The van der Waals surface area contributed by atoms with Crippen LogP contribution < -0.4 is 5.32 Å². The summed E-state index contributed by atoms with van der Waals surface area (Å²) in [5, 5.41) is 3.87. The molecule has 4 aliphatic carbocycles. The van der Waals surface area contributed by atoms with Crippen molar-refractivity contribution in [2.45, 2.75) is 63.5 Å². The topological polar surface area (TPSA) is 12.0 Å². The maximum atomic E-state index is 13.5. The first-order valence-electron chi connectivity index (χ1n) is 10.6. The molecule has 3 atom stereocenters. The Morgan fingerprint density at radius 3 is 2.30 bits per heavy atom. The Morgan fingerprint density at radius 2 is 1.63 bits per heavy atom. The summed E-state index contributed by atoms with van der Waals surface area (Å²) in [5.41, 5.74) is 3.42. The number of halogens is 1. The molecule has 2 aromatic carbocycles. The predicted octanol–water partition coefficient (Wildman–Crippen LogP) is 5.84. The second kappa shape index (κ2) is 6.44. The lowest BCUT2D eigenvalue weighted by Gasteiger charge is -2.64. The third-order valence-electron chi connectivity index (χ3n) is 7.94. The molecule has 4 fully saturated rings. The number of benzene rings is 2. The zero-order valence-corrected chi connectivity index (χ0v) is 16.3. The largest absolute Gasteiger partial charge is 0.310 e. The van der Waals surface area contributed by atoms with Gasteiger partial charge in [0.15, 0.2) is 0 Å². The maximum Gasteiger partial charge on any atom is 0.123 e. The van der Waals surface area contributed by atoms with Gasteiger partial charge in [-0.25, -0.2) is 4.39 Å². The number of hydrogen-bond donors (Lipinski definition) is 1. The molecule has 142 valence electrons. The monoisotopic (exact) mass is 363 g/mol. The first kappa shape index (κ1) is 17.4. The molecule has 4 bridgehead atoms. The molecule has 27 heavy (non-hydrogen) atoms. The highest BCUT2D eigenvalue weighted by molar-refractivity contribution is 5.31. The molecule has 4 aliphatic rings. The summed E-state index contributed by atoms with van der Waals surface area (Å²) in [6.45, 7) is 3.36. The Bertz CT molecular complexity index is 783. The highest BCUT2D eigenvalue weighted by Gasteiger charge is 2.59. The second-order valence-electron chi connectivity index (χ2n) is 9.70. The fraction of sp³-hybridized carbons (Fsp3) is 0.520. The zero-order valence-electron chi connectivity index (χ0n) is 16.3. The van der Waals surface area contributed by atoms with E-state index in [1.807, 2.05) is 0 Å². The van der Waals surface area contributed by atoms with Crippen molar-refractivity contribution >= 4 is 0 Å². The number of rotatable bonds is 5. The molecule has 2 heteroatoms. The van der Waals surface area contributed by atoms with Crippen LogP contribution in [0.4, 0.5) is 4.39 Å². The molecule has 0 heterocycles. The molecular formula is C25H30FN. The zero-order chi connectivity index (χ0) is 18.5. The van der Waals surface area contributed by atoms with E-state index in [0.29, 0.717) is 11.5 Å².